The Bertz CT molecular complexity index is 429. The quantitative estimate of drug-likeness (QED) is 0.893. The third-order valence-electron chi connectivity index (χ3n) is 3.55. The van der Waals surface area contributed by atoms with Gasteiger partial charge in [-0.15, -0.1) is 0 Å². The Balaban J connectivity index is 2.28. The Morgan fingerprint density at radius 2 is 2.17 bits per heavy atom. The maximum atomic E-state index is 9.50. The molecule has 2 rings (SSSR count). The van der Waals surface area contributed by atoms with Crippen LogP contribution in [0.1, 0.15) is 51.6 Å². The fourth-order valence-electron chi connectivity index (χ4n) is 2.40. The van der Waals surface area contributed by atoms with Gasteiger partial charge in [-0.1, -0.05) is 27.7 Å². The summed E-state index contributed by atoms with van der Waals surface area (Å²) in [6.07, 6.45) is 3.04. The van der Waals surface area contributed by atoms with Gasteiger partial charge in [0.25, 0.3) is 0 Å². The number of hydrogen-bond acceptors (Lipinski definition) is 4. The normalized spacial score (nSPS) is 18.7. The zero-order chi connectivity index (χ0) is 13.3. The molecule has 1 aromatic rings. The van der Waals surface area contributed by atoms with Crippen LogP contribution in [0.5, 0.6) is 0 Å². The van der Waals surface area contributed by atoms with Crippen LogP contribution in [0, 0.1) is 5.41 Å². The molecule has 0 spiro atoms. The van der Waals surface area contributed by atoms with E-state index < -0.39 is 0 Å². The van der Waals surface area contributed by atoms with Gasteiger partial charge in [0.05, 0.1) is 24.2 Å². The second-order valence-corrected chi connectivity index (χ2v) is 6.21. The fourth-order valence-corrected chi connectivity index (χ4v) is 2.40. The highest BCUT2D eigenvalue weighted by molar-refractivity contribution is 5.50. The van der Waals surface area contributed by atoms with Crippen molar-refractivity contribution in [1.82, 2.24) is 9.97 Å². The highest BCUT2D eigenvalue weighted by Crippen LogP contribution is 2.33. The van der Waals surface area contributed by atoms with Crippen molar-refractivity contribution in [2.45, 2.75) is 46.6 Å². The lowest BCUT2D eigenvalue weighted by atomic mass is 9.93. The fraction of sp³-hybridized carbons (Fsp3) is 0.714. The predicted molar refractivity (Wildman–Crippen MR) is 72.7 cm³/mol. The van der Waals surface area contributed by atoms with Gasteiger partial charge in [-0.3, -0.25) is 0 Å². The van der Waals surface area contributed by atoms with Gasteiger partial charge in [0.15, 0.2) is 0 Å². The van der Waals surface area contributed by atoms with Crippen LogP contribution in [0.4, 0.5) is 5.69 Å². The van der Waals surface area contributed by atoms with Crippen LogP contribution >= 0.6 is 0 Å². The predicted octanol–water partition coefficient (Wildman–Crippen LogP) is 2.33. The van der Waals surface area contributed by atoms with Gasteiger partial charge < -0.3 is 10.0 Å². The minimum atomic E-state index is -0.0193. The molecular formula is C14H23N3O. The van der Waals surface area contributed by atoms with Crippen molar-refractivity contribution in [3.63, 3.8) is 0 Å². The number of aromatic nitrogens is 2. The van der Waals surface area contributed by atoms with E-state index in [1.165, 1.54) is 6.42 Å². The molecule has 0 unspecified atom stereocenters. The smallest absolute Gasteiger partial charge is 0.131 e. The van der Waals surface area contributed by atoms with Crippen molar-refractivity contribution >= 4 is 5.69 Å². The van der Waals surface area contributed by atoms with Crippen LogP contribution < -0.4 is 4.90 Å². The van der Waals surface area contributed by atoms with Crippen LogP contribution in [0.3, 0.4) is 0 Å². The Labute approximate surface area is 109 Å². The minimum Gasteiger partial charge on any atom is -0.390 e. The van der Waals surface area contributed by atoms with E-state index in [4.69, 9.17) is 0 Å². The Morgan fingerprint density at radius 3 is 2.67 bits per heavy atom. The lowest BCUT2D eigenvalue weighted by molar-refractivity contribution is 0.276. The summed E-state index contributed by atoms with van der Waals surface area (Å²) in [6, 6.07) is 0. The van der Waals surface area contributed by atoms with Crippen molar-refractivity contribution in [2.24, 2.45) is 5.41 Å². The standard InChI is InChI=1S/C14H23N3O/c1-10(2)13-15-7-12(11(8-18)16-13)17-6-5-14(3,4)9-17/h7,10,18H,5-6,8-9H2,1-4H3. The summed E-state index contributed by atoms with van der Waals surface area (Å²) < 4.78 is 0. The van der Waals surface area contributed by atoms with E-state index >= 15 is 0 Å². The van der Waals surface area contributed by atoms with Gasteiger partial charge in [-0.2, -0.15) is 0 Å². The molecule has 2 heterocycles. The number of nitrogens with zero attached hydrogens (tertiary/aromatic N) is 3. The van der Waals surface area contributed by atoms with Gasteiger partial charge >= 0.3 is 0 Å². The Kier molecular flexibility index (Phi) is 3.57. The van der Waals surface area contributed by atoms with Gasteiger partial charge in [-0.25, -0.2) is 9.97 Å². The van der Waals surface area contributed by atoms with E-state index in [0.717, 1.165) is 30.3 Å². The molecule has 4 nitrogen and oxygen atoms in total. The molecule has 1 aliphatic rings. The van der Waals surface area contributed by atoms with Crippen molar-refractivity contribution in [3.8, 4) is 0 Å². The molecule has 0 saturated carbocycles. The summed E-state index contributed by atoms with van der Waals surface area (Å²) in [5, 5.41) is 9.50. The first-order valence-corrected chi connectivity index (χ1v) is 6.64. The van der Waals surface area contributed by atoms with E-state index in [1.54, 1.807) is 0 Å². The number of rotatable bonds is 3. The van der Waals surface area contributed by atoms with Crippen molar-refractivity contribution in [1.29, 1.82) is 0 Å². The highest BCUT2D eigenvalue weighted by Gasteiger charge is 2.30. The van der Waals surface area contributed by atoms with Gasteiger partial charge in [-0.05, 0) is 11.8 Å². The number of aliphatic hydroxyl groups is 1. The molecule has 1 aliphatic heterocycles. The number of anilines is 1. The van der Waals surface area contributed by atoms with Crippen LogP contribution in [0.25, 0.3) is 0 Å². The molecule has 4 heteroatoms. The van der Waals surface area contributed by atoms with Gasteiger partial charge in [0.2, 0.25) is 0 Å². The zero-order valence-corrected chi connectivity index (χ0v) is 11.8. The van der Waals surface area contributed by atoms with Crippen molar-refractivity contribution in [3.05, 3.63) is 17.7 Å². The largest absolute Gasteiger partial charge is 0.390 e. The van der Waals surface area contributed by atoms with E-state index in [1.807, 2.05) is 6.20 Å². The van der Waals surface area contributed by atoms with E-state index in [2.05, 4.69) is 42.6 Å². The number of aliphatic hydroxyl groups excluding tert-OH is 1. The van der Waals surface area contributed by atoms with E-state index in [9.17, 15) is 5.11 Å². The molecule has 100 valence electrons. The van der Waals surface area contributed by atoms with Crippen molar-refractivity contribution in [2.75, 3.05) is 18.0 Å². The molecule has 1 N–H and O–H groups in total. The summed E-state index contributed by atoms with van der Waals surface area (Å²) in [6.45, 7) is 10.7. The van der Waals surface area contributed by atoms with Crippen LogP contribution in [-0.2, 0) is 6.61 Å². The summed E-state index contributed by atoms with van der Waals surface area (Å²) in [5.41, 5.74) is 2.09. The maximum Gasteiger partial charge on any atom is 0.131 e. The molecule has 0 bridgehead atoms. The zero-order valence-electron chi connectivity index (χ0n) is 11.8. The molecule has 1 aromatic heterocycles. The Morgan fingerprint density at radius 1 is 1.44 bits per heavy atom. The summed E-state index contributed by atoms with van der Waals surface area (Å²) in [4.78, 5) is 11.2. The van der Waals surface area contributed by atoms with Gasteiger partial charge in [0.1, 0.15) is 5.82 Å². The molecule has 0 radical (unpaired) electrons. The molecule has 0 aliphatic carbocycles. The van der Waals surface area contributed by atoms with Crippen LogP contribution in [0.2, 0.25) is 0 Å². The first-order chi connectivity index (χ1) is 8.43. The first-order valence-electron chi connectivity index (χ1n) is 6.64. The SMILES string of the molecule is CC(C)c1ncc(N2CCC(C)(C)C2)c(CO)n1. The second kappa shape index (κ2) is 4.84. The molecule has 0 aromatic carbocycles. The Hall–Kier alpha value is -1.16. The average molecular weight is 249 g/mol. The average Bonchev–Trinajstić information content (AvgIpc) is 2.68. The van der Waals surface area contributed by atoms with E-state index in [0.29, 0.717) is 11.3 Å². The molecular weight excluding hydrogens is 226 g/mol. The lowest BCUT2D eigenvalue weighted by Gasteiger charge is -2.23. The molecule has 0 amide bonds. The second-order valence-electron chi connectivity index (χ2n) is 6.21. The third-order valence-corrected chi connectivity index (χ3v) is 3.55. The number of hydrogen-bond donors (Lipinski definition) is 1. The van der Waals surface area contributed by atoms with Crippen LogP contribution in [0.15, 0.2) is 6.20 Å². The van der Waals surface area contributed by atoms with Crippen LogP contribution in [-0.4, -0.2) is 28.2 Å². The van der Waals surface area contributed by atoms with Gasteiger partial charge in [0, 0.05) is 19.0 Å². The summed E-state index contributed by atoms with van der Waals surface area (Å²) in [7, 11) is 0. The minimum absolute atomic E-state index is 0.0193. The van der Waals surface area contributed by atoms with E-state index in [-0.39, 0.29) is 6.61 Å². The maximum absolute atomic E-state index is 9.50. The highest BCUT2D eigenvalue weighted by atomic mass is 16.3. The lowest BCUT2D eigenvalue weighted by Crippen LogP contribution is -2.24. The summed E-state index contributed by atoms with van der Waals surface area (Å²) >= 11 is 0. The topological polar surface area (TPSA) is 49.2 Å². The summed E-state index contributed by atoms with van der Waals surface area (Å²) in [5.74, 6) is 1.10. The first kappa shape index (κ1) is 13.3. The monoisotopic (exact) mass is 249 g/mol. The molecule has 1 fully saturated rings. The molecule has 1 saturated heterocycles. The molecule has 18 heavy (non-hydrogen) atoms. The van der Waals surface area contributed by atoms with Crippen molar-refractivity contribution < 1.29 is 5.11 Å². The molecule has 0 atom stereocenters. The third kappa shape index (κ3) is 2.64.